The Morgan fingerprint density at radius 2 is 1.94 bits per heavy atom. The van der Waals surface area contributed by atoms with Crippen LogP contribution in [-0.2, 0) is 11.2 Å². The van der Waals surface area contributed by atoms with Crippen LogP contribution < -0.4 is 10.2 Å². The van der Waals surface area contributed by atoms with E-state index in [-0.39, 0.29) is 17.2 Å². The number of morpholine rings is 1. The number of ether oxygens (including phenoxy) is 1. The number of fused-ring (bicyclic) bond motifs is 1. The summed E-state index contributed by atoms with van der Waals surface area (Å²) in [6.45, 7) is 8.66. The third-order valence-electron chi connectivity index (χ3n) is 6.18. The number of nitrogens with one attached hydrogen (secondary N) is 1. The number of carbonyl (C=O) groups is 2. The number of thiophene rings is 1. The van der Waals surface area contributed by atoms with Crippen LogP contribution in [0.1, 0.15) is 46.4 Å². The zero-order valence-electron chi connectivity index (χ0n) is 19.1. The van der Waals surface area contributed by atoms with Gasteiger partial charge in [-0.15, -0.1) is 11.3 Å². The summed E-state index contributed by atoms with van der Waals surface area (Å²) in [7, 11) is 0. The molecule has 0 unspecified atom stereocenters. The van der Waals surface area contributed by atoms with Gasteiger partial charge in [0.1, 0.15) is 5.00 Å². The highest BCUT2D eigenvalue weighted by Crippen LogP contribution is 2.46. The number of amides is 1. The highest BCUT2D eigenvalue weighted by molar-refractivity contribution is 7.19. The molecule has 170 valence electrons. The zero-order valence-corrected chi connectivity index (χ0v) is 19.9. The smallest absolute Gasteiger partial charge is 0.262 e. The molecule has 3 aromatic rings. The molecule has 0 aliphatic carbocycles. The Morgan fingerprint density at radius 3 is 2.70 bits per heavy atom. The van der Waals surface area contributed by atoms with Gasteiger partial charge >= 0.3 is 0 Å². The van der Waals surface area contributed by atoms with Crippen molar-refractivity contribution in [2.75, 3.05) is 31.2 Å². The Kier molecular flexibility index (Phi) is 5.54. The van der Waals surface area contributed by atoms with E-state index in [1.807, 2.05) is 36.5 Å². The Hall–Kier alpha value is -3.03. The standard InChI is InChI=1S/C26H27N3O3S/c1-16(30)17-5-4-6-18(13-17)21-14-19(7-8-27-21)22-20-15-26(2,3)28-24(31)23(20)33-25(22)29-9-11-32-12-10-29/h4-8,13-14H,9-12,15H2,1-3H3,(H,28,31). The van der Waals surface area contributed by atoms with Gasteiger partial charge in [-0.25, -0.2) is 0 Å². The van der Waals surface area contributed by atoms with E-state index in [1.54, 1.807) is 18.3 Å². The van der Waals surface area contributed by atoms with Crippen molar-refractivity contribution in [2.45, 2.75) is 32.7 Å². The first-order chi connectivity index (χ1) is 15.8. The Bertz CT molecular complexity index is 1240. The predicted molar refractivity (Wildman–Crippen MR) is 131 cm³/mol. The van der Waals surface area contributed by atoms with Crippen molar-refractivity contribution in [3.63, 3.8) is 0 Å². The number of Topliss-reactive ketones (excluding diaryl/α,β-unsaturated/α-hetero) is 1. The van der Waals surface area contributed by atoms with Gasteiger partial charge in [0, 0.05) is 41.5 Å². The first kappa shape index (κ1) is 21.8. The fourth-order valence-corrected chi connectivity index (χ4v) is 5.87. The van der Waals surface area contributed by atoms with Crippen LogP contribution in [0.3, 0.4) is 0 Å². The number of aromatic nitrogens is 1. The summed E-state index contributed by atoms with van der Waals surface area (Å²) in [6, 6.07) is 11.7. The van der Waals surface area contributed by atoms with E-state index in [9.17, 15) is 9.59 Å². The number of ketones is 1. The molecule has 1 aromatic carbocycles. The van der Waals surface area contributed by atoms with Gasteiger partial charge in [-0.2, -0.15) is 0 Å². The number of hydrogen-bond donors (Lipinski definition) is 1. The van der Waals surface area contributed by atoms with E-state index < -0.39 is 0 Å². The largest absolute Gasteiger partial charge is 0.378 e. The summed E-state index contributed by atoms with van der Waals surface area (Å²) >= 11 is 1.57. The van der Waals surface area contributed by atoms with Crippen molar-refractivity contribution >= 4 is 28.0 Å². The molecule has 1 saturated heterocycles. The van der Waals surface area contributed by atoms with Gasteiger partial charge in [0.05, 0.1) is 23.8 Å². The minimum absolute atomic E-state index is 0.00421. The van der Waals surface area contributed by atoms with Gasteiger partial charge in [-0.1, -0.05) is 18.2 Å². The monoisotopic (exact) mass is 461 g/mol. The lowest BCUT2D eigenvalue weighted by molar-refractivity contribution is 0.0901. The van der Waals surface area contributed by atoms with Crippen LogP contribution in [-0.4, -0.2) is 48.5 Å². The van der Waals surface area contributed by atoms with E-state index in [0.717, 1.165) is 57.3 Å². The van der Waals surface area contributed by atoms with Gasteiger partial charge in [0.15, 0.2) is 5.78 Å². The van der Waals surface area contributed by atoms with Crippen LogP contribution in [0.25, 0.3) is 22.4 Å². The maximum absolute atomic E-state index is 13.0. The number of rotatable bonds is 4. The average molecular weight is 462 g/mol. The maximum Gasteiger partial charge on any atom is 0.262 e. The number of carbonyl (C=O) groups excluding carboxylic acids is 2. The molecule has 1 amide bonds. The molecule has 2 aromatic heterocycles. The molecule has 2 aliphatic heterocycles. The number of nitrogens with zero attached hydrogens (tertiary/aromatic N) is 2. The maximum atomic E-state index is 13.0. The highest BCUT2D eigenvalue weighted by atomic mass is 32.1. The molecule has 2 aliphatic rings. The van der Waals surface area contributed by atoms with Gasteiger partial charge in [-0.05, 0) is 56.5 Å². The molecule has 5 rings (SSSR count). The molecular weight excluding hydrogens is 434 g/mol. The van der Waals surface area contributed by atoms with Gasteiger partial charge < -0.3 is 15.0 Å². The zero-order chi connectivity index (χ0) is 23.2. The molecule has 4 heterocycles. The molecule has 7 heteroatoms. The van der Waals surface area contributed by atoms with E-state index in [4.69, 9.17) is 4.74 Å². The van der Waals surface area contributed by atoms with Crippen molar-refractivity contribution in [3.05, 3.63) is 58.6 Å². The van der Waals surface area contributed by atoms with Crippen LogP contribution in [0.4, 0.5) is 5.00 Å². The lowest BCUT2D eigenvalue weighted by atomic mass is 9.87. The summed E-state index contributed by atoms with van der Waals surface area (Å²) in [5.74, 6) is 0.0261. The topological polar surface area (TPSA) is 71.5 Å². The lowest BCUT2D eigenvalue weighted by Crippen LogP contribution is -2.48. The second kappa shape index (κ2) is 8.39. The van der Waals surface area contributed by atoms with Crippen LogP contribution in [0.15, 0.2) is 42.6 Å². The van der Waals surface area contributed by atoms with Crippen molar-refractivity contribution in [2.24, 2.45) is 0 Å². The number of pyridine rings is 1. The average Bonchev–Trinajstić information content (AvgIpc) is 3.18. The minimum Gasteiger partial charge on any atom is -0.378 e. The van der Waals surface area contributed by atoms with Crippen LogP contribution in [0.5, 0.6) is 0 Å². The first-order valence-electron chi connectivity index (χ1n) is 11.2. The van der Waals surface area contributed by atoms with E-state index in [0.29, 0.717) is 18.8 Å². The van der Waals surface area contributed by atoms with E-state index in [1.165, 1.54) is 0 Å². The normalized spacial score (nSPS) is 17.4. The van der Waals surface area contributed by atoms with Crippen molar-refractivity contribution in [3.8, 4) is 22.4 Å². The summed E-state index contributed by atoms with van der Waals surface area (Å²) < 4.78 is 5.58. The molecule has 33 heavy (non-hydrogen) atoms. The molecular formula is C26H27N3O3S. The molecule has 1 fully saturated rings. The van der Waals surface area contributed by atoms with Crippen molar-refractivity contribution in [1.82, 2.24) is 10.3 Å². The Morgan fingerprint density at radius 1 is 1.15 bits per heavy atom. The molecule has 0 atom stereocenters. The van der Waals surface area contributed by atoms with Gasteiger partial charge in [0.25, 0.3) is 5.91 Å². The quantitative estimate of drug-likeness (QED) is 0.576. The number of anilines is 1. The van der Waals surface area contributed by atoms with Crippen molar-refractivity contribution < 1.29 is 14.3 Å². The fourth-order valence-electron chi connectivity index (χ4n) is 4.58. The molecule has 0 bridgehead atoms. The van der Waals surface area contributed by atoms with E-state index in [2.05, 4.69) is 35.1 Å². The predicted octanol–water partition coefficient (Wildman–Crippen LogP) is 4.58. The number of benzene rings is 1. The third-order valence-corrected chi connectivity index (χ3v) is 7.47. The lowest BCUT2D eigenvalue weighted by Gasteiger charge is -2.31. The van der Waals surface area contributed by atoms with Crippen LogP contribution >= 0.6 is 11.3 Å². The van der Waals surface area contributed by atoms with Crippen LogP contribution in [0.2, 0.25) is 0 Å². The fraction of sp³-hybridized carbons (Fsp3) is 0.346. The second-order valence-corrected chi connectivity index (χ2v) is 10.3. The number of hydrogen-bond acceptors (Lipinski definition) is 6. The molecule has 0 saturated carbocycles. The minimum atomic E-state index is -0.312. The van der Waals surface area contributed by atoms with Gasteiger partial charge in [-0.3, -0.25) is 14.6 Å². The Balaban J connectivity index is 1.66. The summed E-state index contributed by atoms with van der Waals surface area (Å²) in [4.78, 5) is 32.6. The van der Waals surface area contributed by atoms with E-state index >= 15 is 0 Å². The molecule has 0 spiro atoms. The summed E-state index contributed by atoms with van der Waals surface area (Å²) in [5, 5.41) is 4.26. The highest BCUT2D eigenvalue weighted by Gasteiger charge is 2.36. The first-order valence-corrected chi connectivity index (χ1v) is 12.0. The molecule has 0 radical (unpaired) electrons. The summed E-state index contributed by atoms with van der Waals surface area (Å²) in [6.07, 6.45) is 2.58. The SMILES string of the molecule is CC(=O)c1cccc(-c2cc(-c3c(N4CCOCC4)sc4c3CC(C)(C)NC4=O)ccn2)c1. The third kappa shape index (κ3) is 4.18. The van der Waals surface area contributed by atoms with Gasteiger partial charge in [0.2, 0.25) is 0 Å². The molecule has 1 N–H and O–H groups in total. The summed E-state index contributed by atoms with van der Waals surface area (Å²) in [5.41, 5.74) is 5.32. The second-order valence-electron chi connectivity index (χ2n) is 9.27. The van der Waals surface area contributed by atoms with Crippen LogP contribution in [0, 0.1) is 0 Å². The Labute approximate surface area is 197 Å². The van der Waals surface area contributed by atoms with Crippen molar-refractivity contribution in [1.29, 1.82) is 0 Å². The molecule has 6 nitrogen and oxygen atoms in total.